The van der Waals surface area contributed by atoms with E-state index >= 15 is 0 Å². The minimum Gasteiger partial charge on any atom is -0.357 e. The Morgan fingerprint density at radius 1 is 1.28 bits per heavy atom. The first-order chi connectivity index (χ1) is 12.3. The van der Waals surface area contributed by atoms with E-state index in [2.05, 4.69) is 32.0 Å². The summed E-state index contributed by atoms with van der Waals surface area (Å²) >= 11 is 1.87. The molecule has 0 unspecified atom stereocenters. The fraction of sp³-hybridized carbons (Fsp3) is 0.421. The lowest BCUT2D eigenvalue weighted by atomic mass is 10.1. The molecule has 134 valence electrons. The maximum absolute atomic E-state index is 13.7. The third-order valence-electron chi connectivity index (χ3n) is 4.32. The van der Waals surface area contributed by atoms with Crippen LogP contribution in [0.4, 0.5) is 4.39 Å². The Balaban J connectivity index is 1.49. The van der Waals surface area contributed by atoms with Gasteiger partial charge in [-0.25, -0.2) is 9.38 Å². The first kappa shape index (κ1) is 17.9. The van der Waals surface area contributed by atoms with E-state index in [4.69, 9.17) is 0 Å². The molecule has 0 fully saturated rings. The number of fused-ring (bicyclic) bond motifs is 1. The summed E-state index contributed by atoms with van der Waals surface area (Å²) in [6.45, 7) is 7.08. The van der Waals surface area contributed by atoms with Gasteiger partial charge in [0.15, 0.2) is 5.96 Å². The van der Waals surface area contributed by atoms with Crippen LogP contribution in [-0.4, -0.2) is 37.0 Å². The molecule has 4 nitrogen and oxygen atoms in total. The number of halogens is 1. The van der Waals surface area contributed by atoms with Gasteiger partial charge in [-0.2, -0.15) is 0 Å². The number of nitrogens with one attached hydrogen (secondary N) is 2. The zero-order valence-corrected chi connectivity index (χ0v) is 15.4. The minimum atomic E-state index is -0.206. The fourth-order valence-electron chi connectivity index (χ4n) is 2.96. The molecule has 3 rings (SSSR count). The summed E-state index contributed by atoms with van der Waals surface area (Å²) in [6.07, 6.45) is 1.15. The van der Waals surface area contributed by atoms with Gasteiger partial charge in [0.05, 0.1) is 6.54 Å². The standard InChI is InChI=1S/C19H25FN4S/c1-2-21-19(23-13-15-5-3-4-6-17(15)20)22-9-11-24-10-7-18-16(14-24)8-12-25-18/h3-6,8,12H,2,7,9-11,13-14H2,1H3,(H2,21,22,23). The Labute approximate surface area is 152 Å². The predicted octanol–water partition coefficient (Wildman–Crippen LogP) is 3.00. The summed E-state index contributed by atoms with van der Waals surface area (Å²) in [5.41, 5.74) is 2.08. The maximum atomic E-state index is 13.7. The number of hydrogen-bond acceptors (Lipinski definition) is 3. The molecule has 6 heteroatoms. The van der Waals surface area contributed by atoms with E-state index in [0.29, 0.717) is 12.1 Å². The molecule has 1 aliphatic heterocycles. The first-order valence-electron chi connectivity index (χ1n) is 8.79. The lowest BCUT2D eigenvalue weighted by molar-refractivity contribution is 0.260. The molecule has 0 saturated heterocycles. The van der Waals surface area contributed by atoms with Crippen LogP contribution in [0.5, 0.6) is 0 Å². The van der Waals surface area contributed by atoms with Crippen LogP contribution in [0.1, 0.15) is 22.9 Å². The summed E-state index contributed by atoms with van der Waals surface area (Å²) in [5.74, 6) is 0.529. The third kappa shape index (κ3) is 5.03. The largest absolute Gasteiger partial charge is 0.357 e. The van der Waals surface area contributed by atoms with Crippen LogP contribution in [0.15, 0.2) is 40.7 Å². The summed E-state index contributed by atoms with van der Waals surface area (Å²) in [5, 5.41) is 8.76. The van der Waals surface area contributed by atoms with Gasteiger partial charge >= 0.3 is 0 Å². The highest BCUT2D eigenvalue weighted by molar-refractivity contribution is 7.10. The molecule has 0 spiro atoms. The van der Waals surface area contributed by atoms with Gasteiger partial charge in [0.2, 0.25) is 0 Å². The number of thiophene rings is 1. The van der Waals surface area contributed by atoms with Crippen molar-refractivity contribution in [2.75, 3.05) is 26.2 Å². The van der Waals surface area contributed by atoms with E-state index in [1.54, 1.807) is 12.1 Å². The number of aliphatic imine (C=N–C) groups is 1. The van der Waals surface area contributed by atoms with Crippen LogP contribution in [-0.2, 0) is 19.5 Å². The van der Waals surface area contributed by atoms with Crippen LogP contribution in [0.2, 0.25) is 0 Å². The molecule has 2 N–H and O–H groups in total. The lowest BCUT2D eigenvalue weighted by Crippen LogP contribution is -2.42. The Bertz CT molecular complexity index is 713. The van der Waals surface area contributed by atoms with Crippen LogP contribution >= 0.6 is 11.3 Å². The van der Waals surface area contributed by atoms with Crippen LogP contribution in [0, 0.1) is 5.82 Å². The van der Waals surface area contributed by atoms with Crippen molar-refractivity contribution >= 4 is 17.3 Å². The molecule has 1 aromatic carbocycles. The SMILES string of the molecule is CCNC(=NCc1ccccc1F)NCCN1CCc2sccc2C1. The molecule has 0 atom stereocenters. The van der Waals surface area contributed by atoms with Gasteiger partial charge in [-0.1, -0.05) is 18.2 Å². The Hall–Kier alpha value is -1.92. The average molecular weight is 361 g/mol. The smallest absolute Gasteiger partial charge is 0.191 e. The zero-order chi connectivity index (χ0) is 17.5. The number of guanidine groups is 1. The van der Waals surface area contributed by atoms with Crippen molar-refractivity contribution in [3.8, 4) is 0 Å². The molecule has 0 amide bonds. The Morgan fingerprint density at radius 2 is 2.16 bits per heavy atom. The lowest BCUT2D eigenvalue weighted by Gasteiger charge is -2.27. The van der Waals surface area contributed by atoms with E-state index in [-0.39, 0.29) is 5.82 Å². The van der Waals surface area contributed by atoms with Crippen LogP contribution in [0.3, 0.4) is 0 Å². The highest BCUT2D eigenvalue weighted by Crippen LogP contribution is 2.23. The van der Waals surface area contributed by atoms with Gasteiger partial charge in [0, 0.05) is 43.2 Å². The maximum Gasteiger partial charge on any atom is 0.191 e. The molecule has 1 aromatic heterocycles. The highest BCUT2D eigenvalue weighted by Gasteiger charge is 2.16. The number of nitrogens with zero attached hydrogens (tertiary/aromatic N) is 2. The van der Waals surface area contributed by atoms with Crippen molar-refractivity contribution in [2.24, 2.45) is 4.99 Å². The zero-order valence-electron chi connectivity index (χ0n) is 14.6. The van der Waals surface area contributed by atoms with Crippen LogP contribution in [0.25, 0.3) is 0 Å². The normalized spacial score (nSPS) is 15.0. The minimum absolute atomic E-state index is 0.206. The molecular formula is C19H25FN4S. The number of benzene rings is 1. The molecule has 25 heavy (non-hydrogen) atoms. The van der Waals surface area contributed by atoms with E-state index in [1.807, 2.05) is 24.3 Å². The summed E-state index contributed by atoms with van der Waals surface area (Å²) in [6, 6.07) is 9.02. The van der Waals surface area contributed by atoms with E-state index in [9.17, 15) is 4.39 Å². The second-order valence-electron chi connectivity index (χ2n) is 6.11. The van der Waals surface area contributed by atoms with Gasteiger partial charge in [-0.05, 0) is 36.4 Å². The number of hydrogen-bond donors (Lipinski definition) is 2. The predicted molar refractivity (Wildman–Crippen MR) is 103 cm³/mol. The third-order valence-corrected chi connectivity index (χ3v) is 5.34. The molecule has 0 aliphatic carbocycles. The van der Waals surface area contributed by atoms with E-state index in [1.165, 1.54) is 16.5 Å². The summed E-state index contributed by atoms with van der Waals surface area (Å²) in [4.78, 5) is 8.48. The average Bonchev–Trinajstić information content (AvgIpc) is 3.08. The summed E-state index contributed by atoms with van der Waals surface area (Å²) in [7, 11) is 0. The molecule has 2 heterocycles. The topological polar surface area (TPSA) is 39.7 Å². The molecule has 0 saturated carbocycles. The monoisotopic (exact) mass is 360 g/mol. The molecule has 1 aliphatic rings. The van der Waals surface area contributed by atoms with Crippen molar-refractivity contribution in [1.82, 2.24) is 15.5 Å². The van der Waals surface area contributed by atoms with Crippen molar-refractivity contribution < 1.29 is 4.39 Å². The Morgan fingerprint density at radius 3 is 3.00 bits per heavy atom. The van der Waals surface area contributed by atoms with Gasteiger partial charge in [-0.3, -0.25) is 4.90 Å². The molecule has 2 aromatic rings. The van der Waals surface area contributed by atoms with Crippen molar-refractivity contribution in [1.29, 1.82) is 0 Å². The number of rotatable bonds is 6. The van der Waals surface area contributed by atoms with E-state index in [0.717, 1.165) is 45.1 Å². The van der Waals surface area contributed by atoms with Gasteiger partial charge < -0.3 is 10.6 Å². The quantitative estimate of drug-likeness (QED) is 0.614. The van der Waals surface area contributed by atoms with Gasteiger partial charge in [0.1, 0.15) is 5.82 Å². The second-order valence-corrected chi connectivity index (χ2v) is 7.11. The van der Waals surface area contributed by atoms with E-state index < -0.39 is 0 Å². The molecule has 0 bridgehead atoms. The van der Waals surface area contributed by atoms with Gasteiger partial charge in [0.25, 0.3) is 0 Å². The summed E-state index contributed by atoms with van der Waals surface area (Å²) < 4.78 is 13.7. The molecular weight excluding hydrogens is 335 g/mol. The highest BCUT2D eigenvalue weighted by atomic mass is 32.1. The Kier molecular flexibility index (Phi) is 6.42. The van der Waals surface area contributed by atoms with Gasteiger partial charge in [-0.15, -0.1) is 11.3 Å². The van der Waals surface area contributed by atoms with Crippen molar-refractivity contribution in [3.05, 3.63) is 57.5 Å². The first-order valence-corrected chi connectivity index (χ1v) is 9.67. The molecule has 0 radical (unpaired) electrons. The van der Waals surface area contributed by atoms with Crippen LogP contribution < -0.4 is 10.6 Å². The fourth-order valence-corrected chi connectivity index (χ4v) is 3.85. The second kappa shape index (κ2) is 8.97. The van der Waals surface area contributed by atoms with Crippen molar-refractivity contribution in [2.45, 2.75) is 26.4 Å². The van der Waals surface area contributed by atoms with Crippen molar-refractivity contribution in [3.63, 3.8) is 0 Å².